The van der Waals surface area contributed by atoms with Crippen molar-refractivity contribution >= 4 is 5.82 Å². The van der Waals surface area contributed by atoms with Gasteiger partial charge in [0, 0.05) is 24.8 Å². The van der Waals surface area contributed by atoms with Crippen molar-refractivity contribution in [2.45, 2.75) is 12.8 Å². The largest absolute Gasteiger partial charge is 0.493 e. The zero-order valence-corrected chi connectivity index (χ0v) is 16.1. The SMILES string of the molecule is Fc1cnc(-c2ccc(OCC3CC4CC3CN(c3ccccn3)C4)cc2)nc1. The van der Waals surface area contributed by atoms with E-state index in [1.54, 1.807) is 0 Å². The van der Waals surface area contributed by atoms with Gasteiger partial charge in [0.05, 0.1) is 19.0 Å². The quantitative estimate of drug-likeness (QED) is 0.653. The van der Waals surface area contributed by atoms with Crippen LogP contribution in [0.3, 0.4) is 0 Å². The predicted molar refractivity (Wildman–Crippen MR) is 109 cm³/mol. The minimum absolute atomic E-state index is 0.433. The summed E-state index contributed by atoms with van der Waals surface area (Å²) in [4.78, 5) is 15.0. The summed E-state index contributed by atoms with van der Waals surface area (Å²) < 4.78 is 19.1. The van der Waals surface area contributed by atoms with Gasteiger partial charge in [-0.2, -0.15) is 0 Å². The van der Waals surface area contributed by atoms with Crippen molar-refractivity contribution < 1.29 is 9.13 Å². The third-order valence-electron chi connectivity index (χ3n) is 6.04. The van der Waals surface area contributed by atoms with Gasteiger partial charge in [-0.3, -0.25) is 0 Å². The van der Waals surface area contributed by atoms with Crippen LogP contribution in [0.5, 0.6) is 5.75 Å². The fourth-order valence-electron chi connectivity index (χ4n) is 4.68. The molecule has 1 aromatic carbocycles. The molecule has 0 spiro atoms. The number of benzene rings is 1. The highest BCUT2D eigenvalue weighted by Crippen LogP contribution is 2.42. The number of piperidine rings is 1. The third-order valence-corrected chi connectivity index (χ3v) is 6.04. The zero-order chi connectivity index (χ0) is 19.6. The molecule has 2 aromatic heterocycles. The van der Waals surface area contributed by atoms with Gasteiger partial charge in [-0.1, -0.05) is 6.07 Å². The number of aromatic nitrogens is 3. The van der Waals surface area contributed by atoms with Crippen LogP contribution in [-0.4, -0.2) is 34.6 Å². The highest BCUT2D eigenvalue weighted by molar-refractivity contribution is 5.55. The van der Waals surface area contributed by atoms with E-state index in [0.29, 0.717) is 17.7 Å². The van der Waals surface area contributed by atoms with Gasteiger partial charge in [-0.05, 0) is 67.0 Å². The Morgan fingerprint density at radius 3 is 2.55 bits per heavy atom. The first-order valence-electron chi connectivity index (χ1n) is 10.1. The molecule has 148 valence electrons. The normalized spacial score (nSPS) is 23.2. The molecule has 3 atom stereocenters. The van der Waals surface area contributed by atoms with Crippen molar-refractivity contribution in [3.63, 3.8) is 0 Å². The van der Waals surface area contributed by atoms with E-state index in [1.165, 1.54) is 25.2 Å². The maximum absolute atomic E-state index is 13.0. The summed E-state index contributed by atoms with van der Waals surface area (Å²) in [5, 5.41) is 0. The second kappa shape index (κ2) is 7.78. The highest BCUT2D eigenvalue weighted by Gasteiger charge is 2.40. The number of rotatable bonds is 5. The summed E-state index contributed by atoms with van der Waals surface area (Å²) in [5.74, 6) is 3.97. The minimum atomic E-state index is -0.433. The van der Waals surface area contributed by atoms with Gasteiger partial charge >= 0.3 is 0 Å². The van der Waals surface area contributed by atoms with E-state index in [9.17, 15) is 4.39 Å². The number of halogens is 1. The first-order valence-corrected chi connectivity index (χ1v) is 10.1. The Labute approximate surface area is 169 Å². The van der Waals surface area contributed by atoms with Crippen LogP contribution in [-0.2, 0) is 0 Å². The van der Waals surface area contributed by atoms with Gasteiger partial charge in [0.15, 0.2) is 11.6 Å². The Balaban J connectivity index is 1.19. The molecule has 0 amide bonds. The molecule has 3 heterocycles. The molecule has 0 N–H and O–H groups in total. The molecule has 3 aromatic rings. The van der Waals surface area contributed by atoms with E-state index in [0.717, 1.165) is 42.7 Å². The molecule has 1 aliphatic heterocycles. The van der Waals surface area contributed by atoms with Crippen LogP contribution in [0.25, 0.3) is 11.4 Å². The first kappa shape index (κ1) is 18.0. The number of fused-ring (bicyclic) bond motifs is 2. The maximum Gasteiger partial charge on any atom is 0.159 e. The number of nitrogens with zero attached hydrogens (tertiary/aromatic N) is 4. The second-order valence-electron chi connectivity index (χ2n) is 8.01. The molecule has 2 fully saturated rings. The van der Waals surface area contributed by atoms with Crippen molar-refractivity contribution in [1.82, 2.24) is 15.0 Å². The summed E-state index contributed by atoms with van der Waals surface area (Å²) in [5.41, 5.74) is 0.847. The fraction of sp³-hybridized carbons (Fsp3) is 0.348. The van der Waals surface area contributed by atoms with Crippen LogP contribution in [0.15, 0.2) is 61.1 Å². The monoisotopic (exact) mass is 390 g/mol. The lowest BCUT2D eigenvalue weighted by Gasteiger charge is -2.33. The van der Waals surface area contributed by atoms with Crippen LogP contribution in [0.4, 0.5) is 10.2 Å². The topological polar surface area (TPSA) is 51.1 Å². The van der Waals surface area contributed by atoms with E-state index < -0.39 is 5.82 Å². The molecule has 1 aliphatic carbocycles. The smallest absolute Gasteiger partial charge is 0.159 e. The zero-order valence-electron chi connectivity index (χ0n) is 16.1. The lowest BCUT2D eigenvalue weighted by atomic mass is 9.95. The Hall–Kier alpha value is -3.02. The van der Waals surface area contributed by atoms with Gasteiger partial charge in [-0.25, -0.2) is 19.3 Å². The summed E-state index contributed by atoms with van der Waals surface area (Å²) >= 11 is 0. The molecular formula is C23H23FN4O. The summed E-state index contributed by atoms with van der Waals surface area (Å²) in [7, 11) is 0. The number of anilines is 1. The Bertz CT molecular complexity index is 949. The molecule has 2 bridgehead atoms. The van der Waals surface area contributed by atoms with E-state index >= 15 is 0 Å². The Morgan fingerprint density at radius 2 is 1.79 bits per heavy atom. The van der Waals surface area contributed by atoms with Crippen LogP contribution in [0, 0.1) is 23.6 Å². The minimum Gasteiger partial charge on any atom is -0.493 e. The summed E-state index contributed by atoms with van der Waals surface area (Å²) in [6, 6.07) is 13.8. The number of ether oxygens (including phenoxy) is 1. The maximum atomic E-state index is 13.0. The van der Waals surface area contributed by atoms with Gasteiger partial charge in [0.25, 0.3) is 0 Å². The Kier molecular flexibility index (Phi) is 4.84. The van der Waals surface area contributed by atoms with Crippen LogP contribution in [0.2, 0.25) is 0 Å². The first-order chi connectivity index (χ1) is 14.2. The van der Waals surface area contributed by atoms with Crippen molar-refractivity contribution in [2.75, 3.05) is 24.6 Å². The molecule has 1 saturated heterocycles. The molecule has 2 aliphatic rings. The molecule has 1 saturated carbocycles. The third kappa shape index (κ3) is 3.92. The second-order valence-corrected chi connectivity index (χ2v) is 8.01. The predicted octanol–water partition coefficient (Wildman–Crippen LogP) is 4.22. The molecule has 0 radical (unpaired) electrons. The molecule has 5 nitrogen and oxygen atoms in total. The van der Waals surface area contributed by atoms with Crippen LogP contribution in [0.1, 0.15) is 12.8 Å². The van der Waals surface area contributed by atoms with Gasteiger partial charge in [0.2, 0.25) is 0 Å². The summed E-state index contributed by atoms with van der Waals surface area (Å²) in [6.07, 6.45) is 6.74. The van der Waals surface area contributed by atoms with Gasteiger partial charge < -0.3 is 9.64 Å². The number of hydrogen-bond acceptors (Lipinski definition) is 5. The van der Waals surface area contributed by atoms with Crippen LogP contribution < -0.4 is 9.64 Å². The number of hydrogen-bond donors (Lipinski definition) is 0. The van der Waals surface area contributed by atoms with Gasteiger partial charge in [-0.15, -0.1) is 0 Å². The average molecular weight is 390 g/mol. The average Bonchev–Trinajstić information content (AvgIpc) is 3.06. The lowest BCUT2D eigenvalue weighted by Crippen LogP contribution is -2.38. The van der Waals surface area contributed by atoms with Crippen LogP contribution >= 0.6 is 0 Å². The highest BCUT2D eigenvalue weighted by atomic mass is 19.1. The molecule has 5 rings (SSSR count). The Morgan fingerprint density at radius 1 is 0.966 bits per heavy atom. The van der Waals surface area contributed by atoms with E-state index in [-0.39, 0.29) is 0 Å². The molecule has 3 unspecified atom stereocenters. The van der Waals surface area contributed by atoms with Crippen molar-refractivity contribution in [1.29, 1.82) is 0 Å². The fourth-order valence-corrected chi connectivity index (χ4v) is 4.68. The standard InChI is InChI=1S/C23H23FN4O/c24-20-11-26-23(27-12-20)17-4-6-21(7-5-17)29-15-19-10-16-9-18(19)14-28(13-16)22-3-1-2-8-25-22/h1-8,11-12,16,18-19H,9-10,13-15H2. The lowest BCUT2D eigenvalue weighted by molar-refractivity contribution is 0.217. The van der Waals surface area contributed by atoms with Gasteiger partial charge in [0.1, 0.15) is 11.6 Å². The van der Waals surface area contributed by atoms with E-state index in [1.807, 2.05) is 36.5 Å². The van der Waals surface area contributed by atoms with Crippen molar-refractivity contribution in [3.05, 3.63) is 66.9 Å². The van der Waals surface area contributed by atoms with E-state index in [4.69, 9.17) is 4.74 Å². The van der Waals surface area contributed by atoms with E-state index in [2.05, 4.69) is 32.0 Å². The number of pyridine rings is 1. The molecule has 6 heteroatoms. The van der Waals surface area contributed by atoms with Crippen molar-refractivity contribution in [2.24, 2.45) is 17.8 Å². The summed E-state index contributed by atoms with van der Waals surface area (Å²) in [6.45, 7) is 2.89. The molecular weight excluding hydrogens is 367 g/mol. The van der Waals surface area contributed by atoms with Crippen molar-refractivity contribution in [3.8, 4) is 17.1 Å². The molecule has 29 heavy (non-hydrogen) atoms.